The Kier molecular flexibility index (Phi) is 8.61. The lowest BCUT2D eigenvalue weighted by Gasteiger charge is -2.30. The summed E-state index contributed by atoms with van der Waals surface area (Å²) in [5.41, 5.74) is 2.59. The first-order valence-corrected chi connectivity index (χ1v) is 17.3. The van der Waals surface area contributed by atoms with E-state index in [9.17, 15) is 0 Å². The van der Waals surface area contributed by atoms with Crippen molar-refractivity contribution < 1.29 is 0 Å². The Morgan fingerprint density at radius 2 is 0.893 bits per heavy atom. The molecule has 2 unspecified atom stereocenters. The highest BCUT2D eigenvalue weighted by molar-refractivity contribution is 6.74. The van der Waals surface area contributed by atoms with E-state index in [-0.39, 0.29) is 12.3 Å². The molecule has 6 heteroatoms. The predicted molar refractivity (Wildman–Crippen MR) is 127 cm³/mol. The van der Waals surface area contributed by atoms with E-state index < -0.39 is 16.5 Å². The van der Waals surface area contributed by atoms with E-state index in [1.165, 1.54) is 11.1 Å². The molecule has 0 bridgehead atoms. The van der Waals surface area contributed by atoms with Crippen molar-refractivity contribution in [2.75, 3.05) is 13.1 Å². The Morgan fingerprint density at radius 3 is 1.18 bits per heavy atom. The molecule has 0 radical (unpaired) electrons. The summed E-state index contributed by atoms with van der Waals surface area (Å²) in [6.45, 7) is 15.8. The van der Waals surface area contributed by atoms with Crippen LogP contribution in [0.25, 0.3) is 0 Å². The molecule has 0 aliphatic carbocycles. The largest absolute Gasteiger partial charge is 0.319 e. The first-order valence-electron chi connectivity index (χ1n) is 10.3. The molecule has 0 saturated carbocycles. The van der Waals surface area contributed by atoms with E-state index in [2.05, 4.69) is 121 Å². The minimum atomic E-state index is -1.41. The van der Waals surface area contributed by atoms with Crippen molar-refractivity contribution in [1.29, 1.82) is 0 Å². The highest BCUT2D eigenvalue weighted by atomic mass is 28.3. The smallest absolute Gasteiger partial charge is 0.118 e. The van der Waals surface area contributed by atoms with Gasteiger partial charge in [0.1, 0.15) is 16.5 Å². The van der Waals surface area contributed by atoms with Crippen LogP contribution >= 0.6 is 0 Å². The molecule has 2 aromatic rings. The van der Waals surface area contributed by atoms with Crippen molar-refractivity contribution in [3.8, 4) is 0 Å². The van der Waals surface area contributed by atoms with Gasteiger partial charge in [-0.25, -0.2) is 0 Å². The number of nitrogens with one attached hydrogen (secondary N) is 4. The molecule has 28 heavy (non-hydrogen) atoms. The van der Waals surface area contributed by atoms with Crippen molar-refractivity contribution in [1.82, 2.24) is 20.6 Å². The third-order valence-corrected chi connectivity index (χ3v) is 6.55. The van der Waals surface area contributed by atoms with Gasteiger partial charge in [0.05, 0.1) is 12.3 Å². The average molecular weight is 415 g/mol. The van der Waals surface area contributed by atoms with Gasteiger partial charge in [-0.15, -0.1) is 0 Å². The Morgan fingerprint density at radius 1 is 0.571 bits per heavy atom. The van der Waals surface area contributed by atoms with Crippen LogP contribution in [0.3, 0.4) is 0 Å². The van der Waals surface area contributed by atoms with Gasteiger partial charge in [0, 0.05) is 13.1 Å². The molecule has 0 aliphatic heterocycles. The molecule has 154 valence electrons. The maximum absolute atomic E-state index is 3.82. The quantitative estimate of drug-likeness (QED) is 0.250. The Hall–Kier alpha value is -1.29. The van der Waals surface area contributed by atoms with E-state index in [0.29, 0.717) is 0 Å². The molecule has 0 aliphatic rings. The van der Waals surface area contributed by atoms with Gasteiger partial charge in [-0.1, -0.05) is 99.9 Å². The highest BCUT2D eigenvalue weighted by Gasteiger charge is 2.22. The van der Waals surface area contributed by atoms with Crippen LogP contribution in [-0.4, -0.2) is 29.6 Å². The lowest BCUT2D eigenvalue weighted by Crippen LogP contribution is -2.51. The fourth-order valence-electron chi connectivity index (χ4n) is 3.09. The number of hydrogen-bond acceptors (Lipinski definition) is 4. The van der Waals surface area contributed by atoms with Crippen molar-refractivity contribution in [3.63, 3.8) is 0 Å². The van der Waals surface area contributed by atoms with Gasteiger partial charge in [-0.3, -0.25) is 10.6 Å². The molecule has 0 spiro atoms. The topological polar surface area (TPSA) is 48.1 Å². The van der Waals surface area contributed by atoms with Crippen LogP contribution in [0, 0.1) is 0 Å². The number of benzene rings is 2. The van der Waals surface area contributed by atoms with E-state index in [0.717, 1.165) is 13.1 Å². The molecule has 0 aromatic heterocycles. The maximum Gasteiger partial charge on any atom is 0.118 e. The summed E-state index contributed by atoms with van der Waals surface area (Å²) < 4.78 is 0. The third-order valence-electron chi connectivity index (χ3n) is 4.24. The zero-order chi connectivity index (χ0) is 20.6. The molecular weight excluding hydrogens is 376 g/mol. The summed E-state index contributed by atoms with van der Waals surface area (Å²) in [6.07, 6.45) is 0.379. The SMILES string of the molecule is C[Si](C)(C)NC(NCCNC(N[Si](C)(C)C)c1ccccc1)c1ccccc1. The second-order valence-corrected chi connectivity index (χ2v) is 19.0. The Balaban J connectivity index is 1.96. The standard InChI is InChI=1S/C22H38N4Si2/c1-27(2,3)25-21(19-13-9-7-10-14-19)23-17-18-24-22(26-28(4,5)6)20-15-11-8-12-16-20/h7-16,21-26H,17-18H2,1-6H3. The fraction of sp³-hybridized carbons (Fsp3) is 0.455. The zero-order valence-corrected chi connectivity index (χ0v) is 20.3. The molecule has 0 saturated heterocycles. The molecule has 2 rings (SSSR count). The number of rotatable bonds is 11. The maximum atomic E-state index is 3.82. The van der Waals surface area contributed by atoms with Crippen molar-refractivity contribution in [3.05, 3.63) is 71.8 Å². The minimum absolute atomic E-state index is 0.190. The summed E-state index contributed by atoms with van der Waals surface area (Å²) in [7, 11) is -2.82. The Labute approximate surface area is 173 Å². The van der Waals surface area contributed by atoms with Gasteiger partial charge in [-0.2, -0.15) is 0 Å². The summed E-state index contributed by atoms with van der Waals surface area (Å²) in [5.74, 6) is 0. The molecular formula is C22H38N4Si2. The molecule has 0 fully saturated rings. The predicted octanol–water partition coefficient (Wildman–Crippen LogP) is 4.41. The zero-order valence-electron chi connectivity index (χ0n) is 18.3. The average Bonchev–Trinajstić information content (AvgIpc) is 2.63. The molecule has 4 N–H and O–H groups in total. The van der Waals surface area contributed by atoms with Crippen LogP contribution < -0.4 is 20.6 Å². The van der Waals surface area contributed by atoms with Crippen LogP contribution in [0.2, 0.25) is 39.3 Å². The summed E-state index contributed by atoms with van der Waals surface area (Å²) in [5, 5.41) is 7.41. The summed E-state index contributed by atoms with van der Waals surface area (Å²) in [6, 6.07) is 21.3. The second kappa shape index (κ2) is 10.5. The summed E-state index contributed by atoms with van der Waals surface area (Å²) in [4.78, 5) is 7.64. The van der Waals surface area contributed by atoms with Crippen LogP contribution in [0.5, 0.6) is 0 Å². The van der Waals surface area contributed by atoms with Gasteiger partial charge in [0.2, 0.25) is 0 Å². The van der Waals surface area contributed by atoms with Gasteiger partial charge in [-0.05, 0) is 11.1 Å². The molecule has 2 atom stereocenters. The lowest BCUT2D eigenvalue weighted by atomic mass is 10.2. The molecule has 0 heterocycles. The van der Waals surface area contributed by atoms with Crippen LogP contribution in [0.15, 0.2) is 60.7 Å². The molecule has 4 nitrogen and oxygen atoms in total. The van der Waals surface area contributed by atoms with Gasteiger partial charge < -0.3 is 9.96 Å². The minimum Gasteiger partial charge on any atom is -0.319 e. The highest BCUT2D eigenvalue weighted by Crippen LogP contribution is 2.14. The van der Waals surface area contributed by atoms with Crippen LogP contribution in [0.1, 0.15) is 23.5 Å². The van der Waals surface area contributed by atoms with E-state index >= 15 is 0 Å². The van der Waals surface area contributed by atoms with E-state index in [1.54, 1.807) is 0 Å². The van der Waals surface area contributed by atoms with Gasteiger partial charge >= 0.3 is 0 Å². The van der Waals surface area contributed by atoms with E-state index in [1.807, 2.05) is 0 Å². The second-order valence-electron chi connectivity index (χ2n) is 9.38. The van der Waals surface area contributed by atoms with E-state index in [4.69, 9.17) is 0 Å². The van der Waals surface area contributed by atoms with Crippen LogP contribution in [0.4, 0.5) is 0 Å². The monoisotopic (exact) mass is 414 g/mol. The third kappa shape index (κ3) is 8.81. The van der Waals surface area contributed by atoms with Crippen molar-refractivity contribution in [2.24, 2.45) is 0 Å². The first-order chi connectivity index (χ1) is 13.1. The normalized spacial score (nSPS) is 14.6. The summed E-state index contributed by atoms with van der Waals surface area (Å²) >= 11 is 0. The van der Waals surface area contributed by atoms with Crippen LogP contribution in [-0.2, 0) is 0 Å². The van der Waals surface area contributed by atoms with Gasteiger partial charge in [0.15, 0.2) is 0 Å². The molecule has 2 aromatic carbocycles. The first kappa shape index (κ1) is 23.0. The Bertz CT molecular complexity index is 620. The fourth-order valence-corrected chi connectivity index (χ4v) is 5.36. The van der Waals surface area contributed by atoms with Crippen molar-refractivity contribution >= 4 is 16.5 Å². The van der Waals surface area contributed by atoms with Crippen molar-refractivity contribution in [2.45, 2.75) is 51.6 Å². The molecule has 0 amide bonds. The lowest BCUT2D eigenvalue weighted by molar-refractivity contribution is 0.455. The van der Waals surface area contributed by atoms with Gasteiger partial charge in [0.25, 0.3) is 0 Å². The number of hydrogen-bond donors (Lipinski definition) is 4.